The molecule has 20 heavy (non-hydrogen) atoms. The summed E-state index contributed by atoms with van der Waals surface area (Å²) in [4.78, 5) is 22.2. The molecule has 118 valence electrons. The van der Waals surface area contributed by atoms with Crippen LogP contribution in [0.5, 0.6) is 0 Å². The molecule has 0 fully saturated rings. The lowest BCUT2D eigenvalue weighted by atomic mass is 9.94. The smallest absolute Gasteiger partial charge is 0.303 e. The number of rotatable bonds is 12. The van der Waals surface area contributed by atoms with E-state index in [1.807, 2.05) is 0 Å². The number of carboxylic acid groups (broad SMARTS) is 1. The quantitative estimate of drug-likeness (QED) is 0.514. The Labute approximate surface area is 122 Å². The van der Waals surface area contributed by atoms with Gasteiger partial charge in [-0.3, -0.25) is 9.59 Å². The molecule has 0 bridgehead atoms. The van der Waals surface area contributed by atoms with E-state index in [0.29, 0.717) is 37.9 Å². The topological polar surface area (TPSA) is 78.4 Å². The van der Waals surface area contributed by atoms with Crippen molar-refractivity contribution in [2.24, 2.45) is 5.92 Å². The highest BCUT2D eigenvalue weighted by Crippen LogP contribution is 2.17. The Kier molecular flexibility index (Phi) is 11.1. The largest absolute Gasteiger partial charge is 0.481 e. The van der Waals surface area contributed by atoms with Gasteiger partial charge in [-0.2, -0.15) is 0 Å². The van der Waals surface area contributed by atoms with Gasteiger partial charge < -0.3 is 15.7 Å². The minimum absolute atomic E-state index is 0.0617. The Morgan fingerprint density at radius 1 is 1.05 bits per heavy atom. The molecule has 0 saturated heterocycles. The van der Waals surface area contributed by atoms with Crippen LogP contribution in [0, 0.1) is 5.92 Å². The zero-order valence-electron chi connectivity index (χ0n) is 13.1. The second kappa shape index (κ2) is 11.7. The van der Waals surface area contributed by atoms with Crippen molar-refractivity contribution in [2.75, 3.05) is 13.1 Å². The van der Waals surface area contributed by atoms with E-state index in [4.69, 9.17) is 5.11 Å². The van der Waals surface area contributed by atoms with Crippen molar-refractivity contribution >= 4 is 11.9 Å². The van der Waals surface area contributed by atoms with E-state index in [1.54, 1.807) is 0 Å². The van der Waals surface area contributed by atoms with Crippen molar-refractivity contribution in [3.8, 4) is 0 Å². The normalized spacial score (nSPS) is 12.4. The van der Waals surface area contributed by atoms with Gasteiger partial charge in [0.05, 0.1) is 0 Å². The highest BCUT2D eigenvalue weighted by Gasteiger charge is 2.10. The van der Waals surface area contributed by atoms with E-state index in [2.05, 4.69) is 31.4 Å². The molecule has 1 atom stereocenters. The van der Waals surface area contributed by atoms with E-state index in [9.17, 15) is 9.59 Å². The summed E-state index contributed by atoms with van der Waals surface area (Å²) >= 11 is 0. The van der Waals surface area contributed by atoms with Gasteiger partial charge in [-0.15, -0.1) is 0 Å². The zero-order valence-corrected chi connectivity index (χ0v) is 13.1. The lowest BCUT2D eigenvalue weighted by Gasteiger charge is -2.15. The van der Waals surface area contributed by atoms with Gasteiger partial charge in [0.1, 0.15) is 0 Å². The average Bonchev–Trinajstić information content (AvgIpc) is 2.35. The number of hydrogen-bond donors (Lipinski definition) is 3. The van der Waals surface area contributed by atoms with Crippen molar-refractivity contribution in [3.63, 3.8) is 0 Å². The highest BCUT2D eigenvalue weighted by molar-refractivity contribution is 5.76. The summed E-state index contributed by atoms with van der Waals surface area (Å²) in [6.45, 7) is 7.54. The molecule has 0 saturated carbocycles. The Morgan fingerprint density at radius 3 is 2.30 bits per heavy atom. The summed E-state index contributed by atoms with van der Waals surface area (Å²) in [5, 5.41) is 14.8. The molecule has 5 nitrogen and oxygen atoms in total. The molecule has 0 aromatic rings. The monoisotopic (exact) mass is 286 g/mol. The lowest BCUT2D eigenvalue weighted by Crippen LogP contribution is -2.31. The van der Waals surface area contributed by atoms with Crippen LogP contribution in [0.4, 0.5) is 0 Å². The molecule has 1 unspecified atom stereocenters. The lowest BCUT2D eigenvalue weighted by molar-refractivity contribution is -0.137. The third-order valence-corrected chi connectivity index (χ3v) is 3.24. The number of carbonyl (C=O) groups is 2. The maximum atomic E-state index is 11.6. The molecule has 1 amide bonds. The molecule has 5 heteroatoms. The molecule has 0 aliphatic heterocycles. The Balaban J connectivity index is 3.75. The van der Waals surface area contributed by atoms with Gasteiger partial charge in [-0.05, 0) is 18.8 Å². The standard InChI is InChI=1S/C15H30N2O3/c1-4-5-13(6-7-15(19)20)8-10-17-14(18)9-11-16-12(2)3/h12-13,16H,4-11H2,1-3H3,(H,17,18)(H,19,20). The first kappa shape index (κ1) is 18.9. The molecule has 0 rings (SSSR count). The highest BCUT2D eigenvalue weighted by atomic mass is 16.4. The summed E-state index contributed by atoms with van der Waals surface area (Å²) in [6.07, 6.45) is 4.36. The number of carbonyl (C=O) groups excluding carboxylic acids is 1. The van der Waals surface area contributed by atoms with Crippen LogP contribution in [0.1, 0.15) is 59.3 Å². The number of nitrogens with one attached hydrogen (secondary N) is 2. The van der Waals surface area contributed by atoms with Crippen LogP contribution >= 0.6 is 0 Å². The fourth-order valence-corrected chi connectivity index (χ4v) is 2.15. The molecule has 0 heterocycles. The molecule has 0 aliphatic carbocycles. The SMILES string of the molecule is CCCC(CCNC(=O)CCNC(C)C)CCC(=O)O. The van der Waals surface area contributed by atoms with Gasteiger partial charge in [0.25, 0.3) is 0 Å². The van der Waals surface area contributed by atoms with Gasteiger partial charge >= 0.3 is 5.97 Å². The fourth-order valence-electron chi connectivity index (χ4n) is 2.15. The Bertz CT molecular complexity index is 280. The molecular formula is C15H30N2O3. The Morgan fingerprint density at radius 2 is 1.75 bits per heavy atom. The average molecular weight is 286 g/mol. The zero-order chi connectivity index (χ0) is 15.4. The molecular weight excluding hydrogens is 256 g/mol. The van der Waals surface area contributed by atoms with Gasteiger partial charge in [-0.25, -0.2) is 0 Å². The molecule has 0 spiro atoms. The predicted octanol–water partition coefficient (Wildman–Crippen LogP) is 2.16. The van der Waals surface area contributed by atoms with Crippen LogP contribution in [0.3, 0.4) is 0 Å². The van der Waals surface area contributed by atoms with Crippen molar-refractivity contribution in [3.05, 3.63) is 0 Å². The van der Waals surface area contributed by atoms with Crippen LogP contribution in [0.15, 0.2) is 0 Å². The van der Waals surface area contributed by atoms with E-state index in [0.717, 1.165) is 19.3 Å². The summed E-state index contributed by atoms with van der Waals surface area (Å²) in [6, 6.07) is 0.396. The van der Waals surface area contributed by atoms with Crippen LogP contribution in [-0.2, 0) is 9.59 Å². The minimum Gasteiger partial charge on any atom is -0.481 e. The van der Waals surface area contributed by atoms with Crippen molar-refractivity contribution in [1.82, 2.24) is 10.6 Å². The second-order valence-electron chi connectivity index (χ2n) is 5.58. The second-order valence-corrected chi connectivity index (χ2v) is 5.58. The molecule has 0 radical (unpaired) electrons. The van der Waals surface area contributed by atoms with Crippen LogP contribution in [-0.4, -0.2) is 36.1 Å². The maximum Gasteiger partial charge on any atom is 0.303 e. The molecule has 0 aromatic heterocycles. The summed E-state index contributed by atoms with van der Waals surface area (Å²) in [5.41, 5.74) is 0. The number of carboxylic acids is 1. The first-order chi connectivity index (χ1) is 9.45. The van der Waals surface area contributed by atoms with Crippen molar-refractivity contribution in [1.29, 1.82) is 0 Å². The van der Waals surface area contributed by atoms with Crippen molar-refractivity contribution in [2.45, 2.75) is 65.3 Å². The molecule has 3 N–H and O–H groups in total. The third kappa shape index (κ3) is 12.0. The third-order valence-electron chi connectivity index (χ3n) is 3.24. The van der Waals surface area contributed by atoms with Crippen LogP contribution < -0.4 is 10.6 Å². The number of aliphatic carboxylic acids is 1. The van der Waals surface area contributed by atoms with E-state index >= 15 is 0 Å². The summed E-state index contributed by atoms with van der Waals surface area (Å²) < 4.78 is 0. The van der Waals surface area contributed by atoms with Gasteiger partial charge in [-0.1, -0.05) is 33.6 Å². The first-order valence-corrected chi connectivity index (χ1v) is 7.67. The van der Waals surface area contributed by atoms with Gasteiger partial charge in [0, 0.05) is 32.0 Å². The molecule has 0 aromatic carbocycles. The fraction of sp³-hybridized carbons (Fsp3) is 0.867. The minimum atomic E-state index is -0.741. The van der Waals surface area contributed by atoms with Gasteiger partial charge in [0.2, 0.25) is 5.91 Å². The van der Waals surface area contributed by atoms with Gasteiger partial charge in [0.15, 0.2) is 0 Å². The maximum absolute atomic E-state index is 11.6. The van der Waals surface area contributed by atoms with Crippen LogP contribution in [0.2, 0.25) is 0 Å². The number of hydrogen-bond acceptors (Lipinski definition) is 3. The van der Waals surface area contributed by atoms with Crippen molar-refractivity contribution < 1.29 is 14.7 Å². The number of amides is 1. The molecule has 0 aliphatic rings. The Hall–Kier alpha value is -1.10. The summed E-state index contributed by atoms with van der Waals surface area (Å²) in [5.74, 6) is -0.285. The summed E-state index contributed by atoms with van der Waals surface area (Å²) in [7, 11) is 0. The first-order valence-electron chi connectivity index (χ1n) is 7.67. The van der Waals surface area contributed by atoms with E-state index < -0.39 is 5.97 Å². The van der Waals surface area contributed by atoms with E-state index in [1.165, 1.54) is 0 Å². The van der Waals surface area contributed by atoms with Crippen LogP contribution in [0.25, 0.3) is 0 Å². The van der Waals surface area contributed by atoms with E-state index in [-0.39, 0.29) is 12.3 Å². The predicted molar refractivity (Wildman–Crippen MR) is 80.7 cm³/mol.